The fraction of sp³-hybridized carbons (Fsp3) is 0.258. The normalized spacial score (nSPS) is 15.4. The lowest BCUT2D eigenvalue weighted by atomic mass is 10.0. The largest absolute Gasteiger partial charge is 0.489 e. The Labute approximate surface area is 227 Å². The molecule has 6 rings (SSSR count). The van der Waals surface area contributed by atoms with Crippen LogP contribution in [0.25, 0.3) is 5.69 Å². The van der Waals surface area contributed by atoms with Crippen LogP contribution in [0.15, 0.2) is 78.9 Å². The van der Waals surface area contributed by atoms with Gasteiger partial charge in [0, 0.05) is 43.0 Å². The Balaban J connectivity index is 1.24. The number of benzene rings is 3. The van der Waals surface area contributed by atoms with E-state index in [0.717, 1.165) is 59.0 Å². The van der Waals surface area contributed by atoms with Gasteiger partial charge in [0.25, 0.3) is 5.91 Å². The molecule has 3 heterocycles. The minimum atomic E-state index is -0.116. The van der Waals surface area contributed by atoms with Gasteiger partial charge in [0.15, 0.2) is 0 Å². The van der Waals surface area contributed by atoms with Crippen LogP contribution < -0.4 is 20.3 Å². The molecule has 2 aliphatic rings. The Morgan fingerprint density at radius 3 is 2.15 bits per heavy atom. The van der Waals surface area contributed by atoms with E-state index < -0.39 is 0 Å². The van der Waals surface area contributed by atoms with Crippen molar-refractivity contribution in [2.75, 3.05) is 22.9 Å². The quantitative estimate of drug-likeness (QED) is 0.383. The predicted molar refractivity (Wildman–Crippen MR) is 150 cm³/mol. The van der Waals surface area contributed by atoms with E-state index in [9.17, 15) is 9.59 Å². The highest BCUT2D eigenvalue weighted by Crippen LogP contribution is 2.31. The molecular formula is C31H31N5O3. The van der Waals surface area contributed by atoms with Gasteiger partial charge in [-0.2, -0.15) is 5.10 Å². The van der Waals surface area contributed by atoms with Crippen molar-refractivity contribution in [3.05, 3.63) is 101 Å². The van der Waals surface area contributed by atoms with Crippen molar-refractivity contribution in [2.24, 2.45) is 5.73 Å². The van der Waals surface area contributed by atoms with Crippen molar-refractivity contribution in [1.29, 1.82) is 0 Å². The molecule has 0 atom stereocenters. The fourth-order valence-electron chi connectivity index (χ4n) is 5.34. The topological polar surface area (TPSA) is 93.7 Å². The number of fused-ring (bicyclic) bond motifs is 1. The second kappa shape index (κ2) is 10.7. The van der Waals surface area contributed by atoms with E-state index in [2.05, 4.69) is 0 Å². The van der Waals surface area contributed by atoms with Gasteiger partial charge in [-0.3, -0.25) is 9.59 Å². The van der Waals surface area contributed by atoms with Crippen molar-refractivity contribution < 1.29 is 14.3 Å². The van der Waals surface area contributed by atoms with E-state index in [4.69, 9.17) is 15.6 Å². The van der Waals surface area contributed by atoms with Crippen LogP contribution in [0.4, 0.5) is 11.4 Å². The molecule has 8 heteroatoms. The highest BCUT2D eigenvalue weighted by atomic mass is 16.5. The number of aromatic nitrogens is 2. The van der Waals surface area contributed by atoms with E-state index >= 15 is 0 Å². The summed E-state index contributed by atoms with van der Waals surface area (Å²) in [6, 6.07) is 25.3. The van der Waals surface area contributed by atoms with Gasteiger partial charge in [-0.25, -0.2) is 4.68 Å². The molecule has 39 heavy (non-hydrogen) atoms. The van der Waals surface area contributed by atoms with Crippen LogP contribution in [-0.4, -0.2) is 34.7 Å². The molecule has 0 radical (unpaired) electrons. The zero-order chi connectivity index (χ0) is 26.8. The van der Waals surface area contributed by atoms with Gasteiger partial charge < -0.3 is 20.3 Å². The molecule has 0 bridgehead atoms. The molecule has 0 spiro atoms. The predicted octanol–water partition coefficient (Wildman–Crippen LogP) is 4.63. The lowest BCUT2D eigenvalue weighted by Crippen LogP contribution is -2.39. The number of anilines is 2. The Bertz CT molecular complexity index is 1480. The third kappa shape index (κ3) is 4.91. The minimum absolute atomic E-state index is 0.116. The highest BCUT2D eigenvalue weighted by molar-refractivity contribution is 6.07. The Morgan fingerprint density at radius 1 is 0.769 bits per heavy atom. The second-order valence-corrected chi connectivity index (χ2v) is 9.88. The van der Waals surface area contributed by atoms with Gasteiger partial charge in [-0.1, -0.05) is 30.3 Å². The third-order valence-corrected chi connectivity index (χ3v) is 7.42. The maximum absolute atomic E-state index is 13.8. The number of piperidine rings is 1. The lowest BCUT2D eigenvalue weighted by Gasteiger charge is -2.29. The summed E-state index contributed by atoms with van der Waals surface area (Å²) in [4.78, 5) is 29.8. The molecule has 1 aromatic heterocycles. The summed E-state index contributed by atoms with van der Waals surface area (Å²) in [5, 5.41) is 4.73. The van der Waals surface area contributed by atoms with Gasteiger partial charge in [0.2, 0.25) is 5.91 Å². The van der Waals surface area contributed by atoms with Crippen LogP contribution >= 0.6 is 0 Å². The van der Waals surface area contributed by atoms with Gasteiger partial charge in [-0.05, 0) is 73.4 Å². The zero-order valence-corrected chi connectivity index (χ0v) is 21.8. The first-order chi connectivity index (χ1) is 19.1. The molecule has 3 aromatic carbocycles. The van der Waals surface area contributed by atoms with Gasteiger partial charge >= 0.3 is 0 Å². The summed E-state index contributed by atoms with van der Waals surface area (Å²) >= 11 is 0. The molecule has 1 saturated heterocycles. The summed E-state index contributed by atoms with van der Waals surface area (Å²) in [5.41, 5.74) is 11.7. The Morgan fingerprint density at radius 2 is 1.46 bits per heavy atom. The van der Waals surface area contributed by atoms with Crippen LogP contribution in [0, 0.1) is 0 Å². The van der Waals surface area contributed by atoms with E-state index in [1.807, 2.05) is 83.8 Å². The summed E-state index contributed by atoms with van der Waals surface area (Å²) in [6.45, 7) is 2.02. The molecule has 2 aliphatic heterocycles. The SMILES string of the molecule is NCc1nn(-c2ccc(OCc3ccccc3)cc2)c2c1CCN(c1ccc(N3CCCCC3=O)cc1)C2=O. The molecule has 8 nitrogen and oxygen atoms in total. The average molecular weight is 522 g/mol. The molecule has 4 aromatic rings. The van der Waals surface area contributed by atoms with Crippen LogP contribution in [-0.2, 0) is 24.4 Å². The number of rotatable bonds is 7. The zero-order valence-electron chi connectivity index (χ0n) is 21.8. The summed E-state index contributed by atoms with van der Waals surface area (Å²) in [5.74, 6) is 0.778. The monoisotopic (exact) mass is 521 g/mol. The first-order valence-electron chi connectivity index (χ1n) is 13.4. The van der Waals surface area contributed by atoms with Crippen molar-refractivity contribution in [3.63, 3.8) is 0 Å². The summed E-state index contributed by atoms with van der Waals surface area (Å²) in [7, 11) is 0. The van der Waals surface area contributed by atoms with Crippen LogP contribution in [0.1, 0.15) is 46.6 Å². The van der Waals surface area contributed by atoms with Crippen molar-refractivity contribution in [2.45, 2.75) is 38.8 Å². The van der Waals surface area contributed by atoms with Crippen molar-refractivity contribution in [1.82, 2.24) is 9.78 Å². The average Bonchev–Trinajstić information content (AvgIpc) is 3.37. The number of ether oxygens (including phenoxy) is 1. The smallest absolute Gasteiger partial charge is 0.277 e. The number of hydrogen-bond donors (Lipinski definition) is 1. The van der Waals surface area contributed by atoms with E-state index in [1.54, 1.807) is 9.58 Å². The first-order valence-corrected chi connectivity index (χ1v) is 13.4. The molecule has 0 aliphatic carbocycles. The molecule has 2 N–H and O–H groups in total. The molecule has 1 fully saturated rings. The van der Waals surface area contributed by atoms with E-state index in [1.165, 1.54) is 0 Å². The molecule has 198 valence electrons. The van der Waals surface area contributed by atoms with Gasteiger partial charge in [0.1, 0.15) is 18.1 Å². The molecule has 0 saturated carbocycles. The van der Waals surface area contributed by atoms with Crippen LogP contribution in [0.5, 0.6) is 5.75 Å². The number of nitrogens with zero attached hydrogens (tertiary/aromatic N) is 4. The first kappa shape index (κ1) is 24.9. The number of hydrogen-bond acceptors (Lipinski definition) is 5. The van der Waals surface area contributed by atoms with Crippen molar-refractivity contribution >= 4 is 23.2 Å². The number of amides is 2. The number of nitrogens with two attached hydrogens (primary N) is 1. The second-order valence-electron chi connectivity index (χ2n) is 9.88. The Hall–Kier alpha value is -4.43. The summed E-state index contributed by atoms with van der Waals surface area (Å²) in [6.07, 6.45) is 3.20. The lowest BCUT2D eigenvalue weighted by molar-refractivity contribution is -0.119. The minimum Gasteiger partial charge on any atom is -0.489 e. The molecule has 2 amide bonds. The van der Waals surface area contributed by atoms with Gasteiger partial charge in [0.05, 0.1) is 11.4 Å². The maximum Gasteiger partial charge on any atom is 0.277 e. The number of carbonyl (C=O) groups is 2. The van der Waals surface area contributed by atoms with E-state index in [-0.39, 0.29) is 18.4 Å². The molecular weight excluding hydrogens is 490 g/mol. The molecule has 0 unspecified atom stereocenters. The maximum atomic E-state index is 13.8. The highest BCUT2D eigenvalue weighted by Gasteiger charge is 2.33. The summed E-state index contributed by atoms with van der Waals surface area (Å²) < 4.78 is 7.63. The van der Waals surface area contributed by atoms with Crippen LogP contribution in [0.3, 0.4) is 0 Å². The van der Waals surface area contributed by atoms with Gasteiger partial charge in [-0.15, -0.1) is 0 Å². The van der Waals surface area contributed by atoms with Crippen LogP contribution in [0.2, 0.25) is 0 Å². The van der Waals surface area contributed by atoms with E-state index in [0.29, 0.717) is 31.7 Å². The Kier molecular flexibility index (Phi) is 6.85. The van der Waals surface area contributed by atoms with Crippen molar-refractivity contribution in [3.8, 4) is 11.4 Å². The standard InChI is InChI=1S/C31H31N5O3/c32-20-28-27-17-19-35(24-11-9-23(10-12-24)34-18-5-4-8-29(34)37)31(38)30(27)36(33-28)25-13-15-26(16-14-25)39-21-22-6-2-1-3-7-22/h1-3,6-7,9-16H,4-5,8,17-21,32H2. The fourth-order valence-corrected chi connectivity index (χ4v) is 5.34. The number of carbonyl (C=O) groups excluding carboxylic acids is 2. The third-order valence-electron chi connectivity index (χ3n) is 7.42.